The van der Waals surface area contributed by atoms with Crippen molar-refractivity contribution in [1.29, 1.82) is 0 Å². The van der Waals surface area contributed by atoms with Crippen molar-refractivity contribution in [1.82, 2.24) is 0 Å². The monoisotopic (exact) mass is 176 g/mol. The van der Waals surface area contributed by atoms with Gasteiger partial charge in [0.2, 0.25) is 0 Å². The van der Waals surface area contributed by atoms with Crippen molar-refractivity contribution in [2.24, 2.45) is 0 Å². The molecule has 11 heavy (non-hydrogen) atoms. The van der Waals surface area contributed by atoms with Gasteiger partial charge < -0.3 is 5.11 Å². The minimum absolute atomic E-state index is 0.172. The molecule has 0 heterocycles. The number of ketones is 1. The molecule has 0 aliphatic carbocycles. The molecule has 0 fully saturated rings. The first-order valence-electron chi connectivity index (χ1n) is 3.15. The van der Waals surface area contributed by atoms with E-state index >= 15 is 0 Å². The second kappa shape index (κ2) is 4.85. The molecule has 0 spiro atoms. The summed E-state index contributed by atoms with van der Waals surface area (Å²) < 4.78 is 19.9. The van der Waals surface area contributed by atoms with E-state index < -0.39 is 19.2 Å². The molecule has 0 unspecified atom stereocenters. The van der Waals surface area contributed by atoms with Gasteiger partial charge in [0, 0.05) is 6.42 Å². The zero-order chi connectivity index (χ0) is 8.85. The zero-order valence-corrected chi connectivity index (χ0v) is 7.01. The third-order valence-corrected chi connectivity index (χ3v) is 1.45. The summed E-state index contributed by atoms with van der Waals surface area (Å²) in [7, 11) is -2.82. The Morgan fingerprint density at radius 1 is 1.55 bits per heavy atom. The second-order valence-electron chi connectivity index (χ2n) is 1.97. The lowest BCUT2D eigenvalue weighted by atomic mass is 10.2. The van der Waals surface area contributed by atoms with Gasteiger partial charge >= 0.3 is 7.68 Å². The van der Waals surface area contributed by atoms with Crippen LogP contribution in [0, 0.1) is 0 Å². The van der Waals surface area contributed by atoms with Crippen LogP contribution in [0.4, 0.5) is 0 Å². The quantitative estimate of drug-likeness (QED) is 0.403. The minimum Gasteiger partial charge on any atom is -0.504 e. The maximum atomic E-state index is 10.7. The smallest absolute Gasteiger partial charge is 0.345 e. The minimum atomic E-state index is -2.82. The molecule has 0 aromatic heterocycles. The number of aliphatic hydroxyl groups is 1. The topological polar surface area (TPSA) is 71.4 Å². The third kappa shape index (κ3) is 4.51. The van der Waals surface area contributed by atoms with E-state index in [1.54, 1.807) is 6.92 Å². The van der Waals surface area contributed by atoms with E-state index in [1.807, 2.05) is 0 Å². The fourth-order valence-electron chi connectivity index (χ4n) is 0.527. The third-order valence-electron chi connectivity index (χ3n) is 0.990. The normalized spacial score (nSPS) is 11.2. The lowest BCUT2D eigenvalue weighted by Crippen LogP contribution is -1.99. The lowest BCUT2D eigenvalue weighted by molar-refractivity contribution is -0.117. The summed E-state index contributed by atoms with van der Waals surface area (Å²) in [4.78, 5) is 10.7. The highest BCUT2D eigenvalue weighted by molar-refractivity contribution is 7.34. The van der Waals surface area contributed by atoms with Crippen LogP contribution in [0.25, 0.3) is 0 Å². The maximum Gasteiger partial charge on any atom is 0.345 e. The van der Waals surface area contributed by atoms with Crippen molar-refractivity contribution in [2.75, 3.05) is 0 Å². The fourth-order valence-corrected chi connectivity index (χ4v) is 0.871. The second-order valence-corrected chi connectivity index (χ2v) is 2.80. The van der Waals surface area contributed by atoms with E-state index in [0.29, 0.717) is 12.2 Å². The van der Waals surface area contributed by atoms with Crippen LogP contribution in [0.1, 0.15) is 19.8 Å². The van der Waals surface area contributed by atoms with E-state index in [0.717, 1.165) is 0 Å². The highest BCUT2D eigenvalue weighted by Gasteiger charge is 2.06. The van der Waals surface area contributed by atoms with Crippen LogP contribution in [0.2, 0.25) is 0 Å². The predicted molar refractivity (Wildman–Crippen MR) is 38.9 cm³/mol. The number of hydrogen-bond acceptors (Lipinski definition) is 4. The Labute approximate surface area is 64.7 Å². The number of hydrogen-bond donors (Lipinski definition) is 1. The largest absolute Gasteiger partial charge is 0.504 e. The average molecular weight is 176 g/mol. The van der Waals surface area contributed by atoms with Crippen molar-refractivity contribution in [3.8, 4) is 0 Å². The van der Waals surface area contributed by atoms with Crippen molar-refractivity contribution in [2.45, 2.75) is 19.8 Å². The summed E-state index contributed by atoms with van der Waals surface area (Å²) in [6.45, 7) is 1.77. The molecule has 0 radical (unpaired) electrons. The number of allylic oxidation sites excluding steroid dienone is 1. The summed E-state index contributed by atoms with van der Waals surface area (Å²) >= 11 is 0. The van der Waals surface area contributed by atoms with Crippen LogP contribution in [0.5, 0.6) is 0 Å². The molecule has 0 aliphatic rings. The molecule has 4 nitrogen and oxygen atoms in total. The molecule has 0 saturated heterocycles. The lowest BCUT2D eigenvalue weighted by Gasteiger charge is -1.92. The molecule has 0 aromatic carbocycles. The van der Waals surface area contributed by atoms with Crippen molar-refractivity contribution >= 4 is 13.5 Å². The van der Waals surface area contributed by atoms with Gasteiger partial charge in [-0.15, -0.1) is 0 Å². The molecule has 0 amide bonds. The summed E-state index contributed by atoms with van der Waals surface area (Å²) in [5.74, 6) is -0.678. The molecular formula is C6H9O4P. The number of aliphatic hydroxyl groups excluding tert-OH is 1. The zero-order valence-electron chi connectivity index (χ0n) is 6.11. The summed E-state index contributed by atoms with van der Waals surface area (Å²) in [6.07, 6.45) is 0.762. The maximum absolute atomic E-state index is 10.7. The van der Waals surface area contributed by atoms with Gasteiger partial charge in [0.15, 0.2) is 11.5 Å². The molecule has 0 rings (SSSR count). The van der Waals surface area contributed by atoms with Crippen molar-refractivity contribution < 1.29 is 19.0 Å². The Balaban J connectivity index is 4.23. The Morgan fingerprint density at radius 2 is 2.09 bits per heavy atom. The molecule has 0 aliphatic heterocycles. The van der Waals surface area contributed by atoms with E-state index in [1.165, 1.54) is 0 Å². The summed E-state index contributed by atoms with van der Waals surface area (Å²) in [5.41, 5.74) is 0. The first-order chi connectivity index (χ1) is 5.07. The van der Waals surface area contributed by atoms with Crippen LogP contribution in [0.3, 0.4) is 0 Å². The number of carbonyl (C=O) groups is 1. The summed E-state index contributed by atoms with van der Waals surface area (Å²) in [5, 5.41) is 8.75. The molecule has 0 aromatic rings. The van der Waals surface area contributed by atoms with Gasteiger partial charge in [-0.05, 0) is 6.42 Å². The molecule has 5 heteroatoms. The Kier molecular flexibility index (Phi) is 4.46. The van der Waals surface area contributed by atoms with E-state index in [4.69, 9.17) is 5.11 Å². The molecule has 0 bridgehead atoms. The Morgan fingerprint density at radius 3 is 2.45 bits per heavy atom. The van der Waals surface area contributed by atoms with Crippen molar-refractivity contribution in [3.63, 3.8) is 0 Å². The molecule has 0 atom stereocenters. The number of Topliss-reactive ketones (excluding diaryl/α,β-unsaturated/α-hetero) is 1. The van der Waals surface area contributed by atoms with Crippen molar-refractivity contribution in [3.05, 3.63) is 11.6 Å². The van der Waals surface area contributed by atoms with E-state index in [2.05, 4.69) is 0 Å². The SMILES string of the molecule is CCCC(=O)C(O)=CP(=O)=O. The first kappa shape index (κ1) is 10.1. The van der Waals surface area contributed by atoms with Gasteiger partial charge in [-0.3, -0.25) is 4.79 Å². The van der Waals surface area contributed by atoms with E-state index in [-0.39, 0.29) is 6.42 Å². The highest BCUT2D eigenvalue weighted by atomic mass is 31.1. The molecule has 62 valence electrons. The fraction of sp³-hybridized carbons (Fsp3) is 0.500. The molecule has 0 saturated carbocycles. The van der Waals surface area contributed by atoms with Crippen LogP contribution >= 0.6 is 7.68 Å². The van der Waals surface area contributed by atoms with Gasteiger partial charge in [0.25, 0.3) is 0 Å². The number of carbonyl (C=O) groups excluding carboxylic acids is 1. The van der Waals surface area contributed by atoms with Crippen LogP contribution < -0.4 is 0 Å². The van der Waals surface area contributed by atoms with Gasteiger partial charge in [0.05, 0.1) is 5.82 Å². The highest BCUT2D eigenvalue weighted by Crippen LogP contribution is 2.10. The first-order valence-corrected chi connectivity index (χ1v) is 4.40. The van der Waals surface area contributed by atoms with Gasteiger partial charge in [-0.25, -0.2) is 9.13 Å². The summed E-state index contributed by atoms with van der Waals surface area (Å²) in [6, 6.07) is 0. The molecular weight excluding hydrogens is 167 g/mol. The van der Waals surface area contributed by atoms with Gasteiger partial charge in [-0.1, -0.05) is 6.92 Å². The predicted octanol–water partition coefficient (Wildman–Crippen LogP) is 1.93. The average Bonchev–Trinajstić information content (AvgIpc) is 1.86. The van der Waals surface area contributed by atoms with Crippen LogP contribution in [-0.2, 0) is 13.9 Å². The standard InChI is InChI=1S/C6H9O4P/c1-2-3-5(7)6(8)4-11(9)10/h4,8H,2-3H2,1H3. The molecule has 1 N–H and O–H groups in total. The van der Waals surface area contributed by atoms with Crippen LogP contribution in [0.15, 0.2) is 11.6 Å². The van der Waals surface area contributed by atoms with Gasteiger partial charge in [-0.2, -0.15) is 0 Å². The van der Waals surface area contributed by atoms with Gasteiger partial charge in [0.1, 0.15) is 0 Å². The van der Waals surface area contributed by atoms with Crippen LogP contribution in [-0.4, -0.2) is 10.9 Å². The Hall–Kier alpha value is -0.890. The Bertz CT molecular complexity index is 231. The number of rotatable bonds is 4. The van der Waals surface area contributed by atoms with E-state index in [9.17, 15) is 13.9 Å².